The Morgan fingerprint density at radius 2 is 1.80 bits per heavy atom. The van der Waals surface area contributed by atoms with E-state index >= 15 is 0 Å². The molecule has 1 N–H and O–H groups in total. The van der Waals surface area contributed by atoms with Gasteiger partial charge in [0.05, 0.1) is 6.07 Å². The lowest BCUT2D eigenvalue weighted by Gasteiger charge is -2.39. The van der Waals surface area contributed by atoms with Gasteiger partial charge in [-0.3, -0.25) is 5.32 Å². The molecular weight excluding hydrogens is 184 g/mol. The molecule has 2 atom stereocenters. The SMILES string of the molecule is CC1CCCCC1(C#N)NC1CCCC1. The van der Waals surface area contributed by atoms with Gasteiger partial charge in [0.1, 0.15) is 5.54 Å². The highest BCUT2D eigenvalue weighted by atomic mass is 15.0. The van der Waals surface area contributed by atoms with E-state index in [0.717, 1.165) is 6.42 Å². The average Bonchev–Trinajstić information content (AvgIpc) is 2.74. The molecule has 2 heteroatoms. The van der Waals surface area contributed by atoms with Gasteiger partial charge < -0.3 is 0 Å². The van der Waals surface area contributed by atoms with Crippen LogP contribution in [0.1, 0.15) is 58.3 Å². The Hall–Kier alpha value is -0.550. The van der Waals surface area contributed by atoms with E-state index in [2.05, 4.69) is 18.3 Å². The third-order valence-corrected chi connectivity index (χ3v) is 4.32. The molecule has 0 aromatic heterocycles. The van der Waals surface area contributed by atoms with Gasteiger partial charge in [0.2, 0.25) is 0 Å². The molecule has 15 heavy (non-hydrogen) atoms. The van der Waals surface area contributed by atoms with Crippen molar-refractivity contribution in [1.29, 1.82) is 5.26 Å². The molecule has 0 aromatic rings. The Morgan fingerprint density at radius 1 is 1.13 bits per heavy atom. The average molecular weight is 206 g/mol. The van der Waals surface area contributed by atoms with Crippen molar-refractivity contribution >= 4 is 0 Å². The van der Waals surface area contributed by atoms with Crippen LogP contribution in [-0.4, -0.2) is 11.6 Å². The summed E-state index contributed by atoms with van der Waals surface area (Å²) in [5.41, 5.74) is -0.201. The van der Waals surface area contributed by atoms with Gasteiger partial charge in [-0.05, 0) is 31.6 Å². The Labute approximate surface area is 93.0 Å². The van der Waals surface area contributed by atoms with E-state index in [1.165, 1.54) is 44.9 Å². The maximum atomic E-state index is 9.46. The van der Waals surface area contributed by atoms with Gasteiger partial charge in [-0.1, -0.05) is 32.6 Å². The molecule has 2 unspecified atom stereocenters. The molecule has 2 rings (SSSR count). The number of hydrogen-bond acceptors (Lipinski definition) is 2. The van der Waals surface area contributed by atoms with Crippen molar-refractivity contribution in [3.05, 3.63) is 0 Å². The van der Waals surface area contributed by atoms with Gasteiger partial charge >= 0.3 is 0 Å². The highest BCUT2D eigenvalue weighted by molar-refractivity contribution is 5.12. The van der Waals surface area contributed by atoms with Crippen LogP contribution in [0.15, 0.2) is 0 Å². The monoisotopic (exact) mass is 206 g/mol. The zero-order valence-electron chi connectivity index (χ0n) is 9.76. The number of nitrogens with one attached hydrogen (secondary N) is 1. The fourth-order valence-electron chi connectivity index (χ4n) is 3.19. The molecule has 0 aliphatic heterocycles. The summed E-state index contributed by atoms with van der Waals surface area (Å²) in [6.45, 7) is 2.24. The van der Waals surface area contributed by atoms with Crippen LogP contribution in [0.3, 0.4) is 0 Å². The number of rotatable bonds is 2. The maximum absolute atomic E-state index is 9.46. The van der Waals surface area contributed by atoms with Crippen molar-refractivity contribution in [1.82, 2.24) is 5.32 Å². The molecule has 0 spiro atoms. The molecular formula is C13H22N2. The first-order valence-electron chi connectivity index (χ1n) is 6.46. The number of nitrogens with zero attached hydrogens (tertiary/aromatic N) is 1. The summed E-state index contributed by atoms with van der Waals surface area (Å²) in [7, 11) is 0. The minimum absolute atomic E-state index is 0.201. The van der Waals surface area contributed by atoms with Crippen molar-refractivity contribution in [2.45, 2.75) is 69.9 Å². The van der Waals surface area contributed by atoms with Gasteiger partial charge in [-0.15, -0.1) is 0 Å². The van der Waals surface area contributed by atoms with Gasteiger partial charge in [0.15, 0.2) is 0 Å². The summed E-state index contributed by atoms with van der Waals surface area (Å²) >= 11 is 0. The van der Waals surface area contributed by atoms with Crippen LogP contribution in [0.25, 0.3) is 0 Å². The third kappa shape index (κ3) is 2.18. The summed E-state index contributed by atoms with van der Waals surface area (Å²) in [4.78, 5) is 0. The second-order valence-corrected chi connectivity index (χ2v) is 5.36. The first-order chi connectivity index (χ1) is 7.27. The molecule has 0 aromatic carbocycles. The molecule has 0 radical (unpaired) electrons. The van der Waals surface area contributed by atoms with Crippen molar-refractivity contribution < 1.29 is 0 Å². The van der Waals surface area contributed by atoms with Crippen LogP contribution in [0.5, 0.6) is 0 Å². The minimum Gasteiger partial charge on any atom is -0.296 e. The molecule has 0 heterocycles. The predicted molar refractivity (Wildman–Crippen MR) is 61.4 cm³/mol. The van der Waals surface area contributed by atoms with E-state index < -0.39 is 0 Å². The second kappa shape index (κ2) is 4.53. The molecule has 0 saturated heterocycles. The van der Waals surface area contributed by atoms with Crippen LogP contribution < -0.4 is 5.32 Å². The summed E-state index contributed by atoms with van der Waals surface area (Å²) in [5.74, 6) is 0.525. The second-order valence-electron chi connectivity index (χ2n) is 5.36. The Kier molecular flexibility index (Phi) is 3.31. The van der Waals surface area contributed by atoms with Crippen LogP contribution >= 0.6 is 0 Å². The van der Waals surface area contributed by atoms with Gasteiger partial charge in [0, 0.05) is 6.04 Å². The fourth-order valence-corrected chi connectivity index (χ4v) is 3.19. The van der Waals surface area contributed by atoms with E-state index in [-0.39, 0.29) is 5.54 Å². The van der Waals surface area contributed by atoms with Crippen molar-refractivity contribution in [2.75, 3.05) is 0 Å². The van der Waals surface area contributed by atoms with Crippen LogP contribution in [0.2, 0.25) is 0 Å². The minimum atomic E-state index is -0.201. The zero-order chi connectivity index (χ0) is 10.7. The summed E-state index contributed by atoms with van der Waals surface area (Å²) in [5, 5.41) is 13.1. The van der Waals surface area contributed by atoms with Crippen LogP contribution in [-0.2, 0) is 0 Å². The molecule has 2 nitrogen and oxygen atoms in total. The standard InChI is InChI=1S/C13H22N2/c1-11-6-4-5-9-13(11,10-14)15-12-7-2-3-8-12/h11-12,15H,2-9H2,1H3. The van der Waals surface area contributed by atoms with Gasteiger partial charge in [-0.2, -0.15) is 5.26 Å². The lowest BCUT2D eigenvalue weighted by molar-refractivity contribution is 0.193. The first-order valence-corrected chi connectivity index (χ1v) is 6.46. The largest absolute Gasteiger partial charge is 0.296 e. The van der Waals surface area contributed by atoms with Crippen molar-refractivity contribution in [2.24, 2.45) is 5.92 Å². The van der Waals surface area contributed by atoms with Crippen molar-refractivity contribution in [3.8, 4) is 6.07 Å². The summed E-state index contributed by atoms with van der Waals surface area (Å²) in [6.07, 6.45) is 10.0. The Morgan fingerprint density at radius 3 is 2.40 bits per heavy atom. The summed E-state index contributed by atoms with van der Waals surface area (Å²) in [6, 6.07) is 3.20. The highest BCUT2D eigenvalue weighted by Crippen LogP contribution is 2.35. The Bertz CT molecular complexity index is 250. The van der Waals surface area contributed by atoms with E-state index in [4.69, 9.17) is 0 Å². The molecule has 0 amide bonds. The van der Waals surface area contributed by atoms with Gasteiger partial charge in [-0.25, -0.2) is 0 Å². The molecule has 2 saturated carbocycles. The molecule has 2 aliphatic carbocycles. The van der Waals surface area contributed by atoms with E-state index in [1.807, 2.05) is 0 Å². The van der Waals surface area contributed by atoms with E-state index in [0.29, 0.717) is 12.0 Å². The topological polar surface area (TPSA) is 35.8 Å². The first kappa shape index (κ1) is 11.0. The van der Waals surface area contributed by atoms with Crippen molar-refractivity contribution in [3.63, 3.8) is 0 Å². The lowest BCUT2D eigenvalue weighted by Crippen LogP contribution is -2.54. The van der Waals surface area contributed by atoms with E-state index in [1.54, 1.807) is 0 Å². The molecule has 2 aliphatic rings. The predicted octanol–water partition coefficient (Wildman–Crippen LogP) is 2.99. The number of nitriles is 1. The third-order valence-electron chi connectivity index (χ3n) is 4.32. The zero-order valence-corrected chi connectivity index (χ0v) is 9.76. The van der Waals surface area contributed by atoms with Crippen LogP contribution in [0, 0.1) is 17.2 Å². The molecule has 2 fully saturated rings. The normalized spacial score (nSPS) is 37.7. The summed E-state index contributed by atoms with van der Waals surface area (Å²) < 4.78 is 0. The molecule has 84 valence electrons. The maximum Gasteiger partial charge on any atom is 0.109 e. The van der Waals surface area contributed by atoms with Crippen LogP contribution in [0.4, 0.5) is 0 Å². The van der Waals surface area contributed by atoms with Gasteiger partial charge in [0.25, 0.3) is 0 Å². The smallest absolute Gasteiger partial charge is 0.109 e. The lowest BCUT2D eigenvalue weighted by atomic mass is 9.74. The Balaban J connectivity index is 2.03. The molecule has 0 bridgehead atoms. The quantitative estimate of drug-likeness (QED) is 0.754. The number of hydrogen-bond donors (Lipinski definition) is 1. The van der Waals surface area contributed by atoms with E-state index in [9.17, 15) is 5.26 Å². The highest BCUT2D eigenvalue weighted by Gasteiger charge is 2.40. The fraction of sp³-hybridized carbons (Fsp3) is 0.923.